The summed E-state index contributed by atoms with van der Waals surface area (Å²) in [7, 11) is 1.51. The number of likely N-dealkylation sites (tertiary alicyclic amines) is 1. The molecule has 1 aromatic heterocycles. The number of aromatic amines is 1. The first kappa shape index (κ1) is 31.9. The van der Waals surface area contributed by atoms with Gasteiger partial charge in [0.2, 0.25) is 5.91 Å². The SMILES string of the molecule is CO[C@@H]1CN(CC(=O)Nc2ccc(C(=O)OCC(=O)NC3CCNCC3)cc2)CC[C@@H]1NC(=O)c1cc(Cl)c(N)[nH]c1=O. The molecular formula is C28H36ClN7O7. The smallest absolute Gasteiger partial charge is 0.338 e. The number of benzene rings is 1. The van der Waals surface area contributed by atoms with Crippen LogP contribution in [0.1, 0.15) is 40.0 Å². The summed E-state index contributed by atoms with van der Waals surface area (Å²) < 4.78 is 10.7. The number of hydrogen-bond acceptors (Lipinski definition) is 10. The van der Waals surface area contributed by atoms with Crippen LogP contribution in [0, 0.1) is 0 Å². The molecule has 0 saturated carbocycles. The maximum Gasteiger partial charge on any atom is 0.338 e. The van der Waals surface area contributed by atoms with E-state index < -0.39 is 29.6 Å². The number of esters is 1. The van der Waals surface area contributed by atoms with Gasteiger partial charge in [-0.1, -0.05) is 11.6 Å². The Morgan fingerprint density at radius 2 is 1.79 bits per heavy atom. The highest BCUT2D eigenvalue weighted by Gasteiger charge is 2.32. The molecule has 4 rings (SSSR count). The van der Waals surface area contributed by atoms with Crippen molar-refractivity contribution in [2.45, 2.75) is 37.5 Å². The van der Waals surface area contributed by atoms with Gasteiger partial charge in [0, 0.05) is 31.9 Å². The molecule has 2 fully saturated rings. The number of piperidine rings is 2. The molecule has 2 aliphatic heterocycles. The van der Waals surface area contributed by atoms with E-state index in [9.17, 15) is 24.0 Å². The van der Waals surface area contributed by atoms with Crippen LogP contribution in [-0.4, -0.2) is 98.2 Å². The summed E-state index contributed by atoms with van der Waals surface area (Å²) in [4.78, 5) is 66.2. The van der Waals surface area contributed by atoms with E-state index in [1.54, 1.807) is 12.1 Å². The van der Waals surface area contributed by atoms with Crippen molar-refractivity contribution >= 4 is 46.8 Å². The van der Waals surface area contributed by atoms with Gasteiger partial charge in [-0.3, -0.25) is 24.1 Å². The van der Waals surface area contributed by atoms with Crippen LogP contribution in [0.3, 0.4) is 0 Å². The number of aromatic nitrogens is 1. The van der Waals surface area contributed by atoms with Gasteiger partial charge in [0.1, 0.15) is 11.4 Å². The maximum atomic E-state index is 12.7. The fourth-order valence-corrected chi connectivity index (χ4v) is 5.16. The number of methoxy groups -OCH3 is 1. The van der Waals surface area contributed by atoms with Crippen LogP contribution in [0.4, 0.5) is 11.5 Å². The molecule has 0 bridgehead atoms. The van der Waals surface area contributed by atoms with Crippen LogP contribution in [0.15, 0.2) is 35.1 Å². The summed E-state index contributed by atoms with van der Waals surface area (Å²) in [6.07, 6.45) is 1.72. The molecule has 232 valence electrons. The third kappa shape index (κ3) is 9.00. The number of nitrogens with one attached hydrogen (secondary N) is 5. The number of nitrogen functional groups attached to an aromatic ring is 1. The molecule has 0 aliphatic carbocycles. The van der Waals surface area contributed by atoms with E-state index in [-0.39, 0.29) is 53.0 Å². The van der Waals surface area contributed by atoms with E-state index in [1.165, 1.54) is 25.3 Å². The number of ether oxygens (including phenoxy) is 2. The molecule has 0 radical (unpaired) electrons. The first-order valence-corrected chi connectivity index (χ1v) is 14.3. The van der Waals surface area contributed by atoms with Gasteiger partial charge in [0.25, 0.3) is 17.4 Å². The molecule has 0 unspecified atom stereocenters. The number of anilines is 2. The molecular weight excluding hydrogens is 582 g/mol. The molecule has 43 heavy (non-hydrogen) atoms. The van der Waals surface area contributed by atoms with Gasteiger partial charge in [0.15, 0.2) is 6.61 Å². The summed E-state index contributed by atoms with van der Waals surface area (Å²) in [5.74, 6) is -1.87. The minimum absolute atomic E-state index is 0.0212. The number of halogens is 1. The Balaban J connectivity index is 1.21. The molecule has 2 atom stereocenters. The molecule has 7 N–H and O–H groups in total. The second-order valence-electron chi connectivity index (χ2n) is 10.4. The standard InChI is InChI=1S/C28H36ClN7O7/c1-42-22-13-36(11-8-21(22)34-26(39)19-12-20(29)25(30)35-27(19)40)14-23(37)32-17-4-2-16(3-5-17)28(41)43-15-24(38)33-18-6-9-31-10-7-18/h2-5,12,18,21-22,31H,6-11,13-15H2,1H3,(H,32,37)(H,33,38)(H,34,39)(H3,30,35,40)/t21-,22+/m0/s1. The number of carbonyl (C=O) groups excluding carboxylic acids is 4. The molecule has 2 aromatic rings. The summed E-state index contributed by atoms with van der Waals surface area (Å²) >= 11 is 5.95. The number of hydrogen-bond donors (Lipinski definition) is 6. The van der Waals surface area contributed by atoms with Gasteiger partial charge in [-0.25, -0.2) is 4.79 Å². The lowest BCUT2D eigenvalue weighted by Gasteiger charge is -2.37. The Hall–Kier alpha value is -3.98. The fraction of sp³-hybridized carbons (Fsp3) is 0.464. The monoisotopic (exact) mass is 617 g/mol. The summed E-state index contributed by atoms with van der Waals surface area (Å²) in [5, 5.41) is 11.8. The van der Waals surface area contributed by atoms with Crippen molar-refractivity contribution in [2.24, 2.45) is 0 Å². The van der Waals surface area contributed by atoms with Crippen molar-refractivity contribution in [2.75, 3.05) is 57.5 Å². The number of pyridine rings is 1. The molecule has 3 amide bonds. The van der Waals surface area contributed by atoms with Gasteiger partial charge in [-0.2, -0.15) is 0 Å². The van der Waals surface area contributed by atoms with Gasteiger partial charge in [-0.05, 0) is 62.7 Å². The van der Waals surface area contributed by atoms with Crippen molar-refractivity contribution in [1.82, 2.24) is 25.8 Å². The van der Waals surface area contributed by atoms with Gasteiger partial charge < -0.3 is 41.5 Å². The first-order valence-electron chi connectivity index (χ1n) is 13.9. The van der Waals surface area contributed by atoms with Crippen LogP contribution in [-0.2, 0) is 19.1 Å². The summed E-state index contributed by atoms with van der Waals surface area (Å²) in [6.45, 7) is 2.25. The zero-order valence-electron chi connectivity index (χ0n) is 23.7. The number of rotatable bonds is 10. The van der Waals surface area contributed by atoms with Crippen molar-refractivity contribution in [3.05, 3.63) is 56.8 Å². The summed E-state index contributed by atoms with van der Waals surface area (Å²) in [5.41, 5.74) is 5.51. The van der Waals surface area contributed by atoms with Crippen molar-refractivity contribution in [3.8, 4) is 0 Å². The topological polar surface area (TPSA) is 197 Å². The predicted molar refractivity (Wildman–Crippen MR) is 159 cm³/mol. The highest BCUT2D eigenvalue weighted by Crippen LogP contribution is 2.17. The van der Waals surface area contributed by atoms with Crippen molar-refractivity contribution < 1.29 is 28.7 Å². The van der Waals surface area contributed by atoms with Crippen molar-refractivity contribution in [1.29, 1.82) is 0 Å². The summed E-state index contributed by atoms with van der Waals surface area (Å²) in [6, 6.07) is 7.08. The number of H-pyrrole nitrogens is 1. The molecule has 2 aliphatic rings. The van der Waals surface area contributed by atoms with Gasteiger partial charge in [0.05, 0.1) is 29.3 Å². The molecule has 14 nitrogen and oxygen atoms in total. The number of carbonyl (C=O) groups is 4. The van der Waals surface area contributed by atoms with Gasteiger partial charge >= 0.3 is 5.97 Å². The Morgan fingerprint density at radius 3 is 2.49 bits per heavy atom. The van der Waals surface area contributed by atoms with Crippen molar-refractivity contribution in [3.63, 3.8) is 0 Å². The number of amides is 3. The Morgan fingerprint density at radius 1 is 1.07 bits per heavy atom. The normalized spacial score (nSPS) is 19.3. The Bertz CT molecular complexity index is 1380. The largest absolute Gasteiger partial charge is 0.452 e. The van der Waals surface area contributed by atoms with E-state index in [0.29, 0.717) is 25.2 Å². The Labute approximate surface area is 253 Å². The minimum Gasteiger partial charge on any atom is -0.452 e. The first-order chi connectivity index (χ1) is 20.6. The van der Waals surface area contributed by atoms with E-state index >= 15 is 0 Å². The zero-order valence-corrected chi connectivity index (χ0v) is 24.5. The number of nitrogens with zero attached hydrogens (tertiary/aromatic N) is 1. The van der Waals surface area contributed by atoms with E-state index in [1.807, 2.05) is 4.90 Å². The maximum absolute atomic E-state index is 12.7. The highest BCUT2D eigenvalue weighted by molar-refractivity contribution is 6.33. The molecule has 0 spiro atoms. The quantitative estimate of drug-likeness (QED) is 0.199. The van der Waals surface area contributed by atoms with E-state index in [2.05, 4.69) is 26.3 Å². The molecule has 2 saturated heterocycles. The fourth-order valence-electron chi connectivity index (χ4n) is 5.01. The molecule has 1 aromatic carbocycles. The molecule has 3 heterocycles. The second kappa shape index (κ2) is 15.0. The Kier molecular flexibility index (Phi) is 11.1. The van der Waals surface area contributed by atoms with Crippen LogP contribution >= 0.6 is 11.6 Å². The average Bonchev–Trinajstić information content (AvgIpc) is 2.99. The highest BCUT2D eigenvalue weighted by atomic mass is 35.5. The van der Waals surface area contributed by atoms with Gasteiger partial charge in [-0.15, -0.1) is 0 Å². The lowest BCUT2D eigenvalue weighted by molar-refractivity contribution is -0.125. The average molecular weight is 618 g/mol. The van der Waals surface area contributed by atoms with Crippen LogP contribution in [0.2, 0.25) is 5.02 Å². The predicted octanol–water partition coefficient (Wildman–Crippen LogP) is 0.0933. The third-order valence-corrected chi connectivity index (χ3v) is 7.65. The van der Waals surface area contributed by atoms with Crippen LogP contribution in [0.5, 0.6) is 0 Å². The number of nitrogens with two attached hydrogens (primary N) is 1. The zero-order chi connectivity index (χ0) is 30.9. The van der Waals surface area contributed by atoms with E-state index in [4.69, 9.17) is 26.8 Å². The van der Waals surface area contributed by atoms with Crippen LogP contribution in [0.25, 0.3) is 0 Å². The van der Waals surface area contributed by atoms with E-state index in [0.717, 1.165) is 25.9 Å². The second-order valence-corrected chi connectivity index (χ2v) is 10.9. The lowest BCUT2D eigenvalue weighted by atomic mass is 10.0. The third-order valence-electron chi connectivity index (χ3n) is 7.34. The van der Waals surface area contributed by atoms with Crippen LogP contribution < -0.4 is 32.6 Å². The molecule has 15 heteroatoms. The lowest BCUT2D eigenvalue weighted by Crippen LogP contribution is -2.56. The minimum atomic E-state index is -0.650.